The van der Waals surface area contributed by atoms with Gasteiger partial charge in [0.15, 0.2) is 5.89 Å². The van der Waals surface area contributed by atoms with Gasteiger partial charge in [-0.25, -0.2) is 4.98 Å². The average molecular weight is 141 g/mol. The molecule has 56 valence electrons. The van der Waals surface area contributed by atoms with Crippen LogP contribution in [0.25, 0.3) is 0 Å². The fraction of sp³-hybridized carbons (Fsp3) is 0.571. The zero-order chi connectivity index (χ0) is 7.72. The molecule has 0 aliphatic carbocycles. The first-order valence-corrected chi connectivity index (χ1v) is 3.23. The summed E-state index contributed by atoms with van der Waals surface area (Å²) in [5, 5.41) is 9.10. The van der Waals surface area contributed by atoms with Crippen molar-refractivity contribution in [1.29, 1.82) is 0 Å². The quantitative estimate of drug-likeness (QED) is 0.642. The van der Waals surface area contributed by atoms with E-state index in [9.17, 15) is 0 Å². The van der Waals surface area contributed by atoms with E-state index in [1.54, 1.807) is 20.8 Å². The summed E-state index contributed by atoms with van der Waals surface area (Å²) in [5.74, 6) is 1.31. The Morgan fingerprint density at radius 2 is 2.10 bits per heavy atom. The Balaban J connectivity index is 3.03. The predicted molar refractivity (Wildman–Crippen MR) is 36.6 cm³/mol. The van der Waals surface area contributed by atoms with Gasteiger partial charge >= 0.3 is 0 Å². The lowest BCUT2D eigenvalue weighted by Crippen LogP contribution is -1.92. The van der Waals surface area contributed by atoms with Crippen LogP contribution in [-0.4, -0.2) is 10.1 Å². The second-order valence-corrected chi connectivity index (χ2v) is 2.35. The number of aromatic nitrogens is 1. The SMILES string of the molecule is Cc1nc([C@H](C)O)c(C)o1. The summed E-state index contributed by atoms with van der Waals surface area (Å²) < 4.78 is 5.10. The minimum Gasteiger partial charge on any atom is -0.446 e. The number of oxazole rings is 1. The number of hydrogen-bond donors (Lipinski definition) is 1. The van der Waals surface area contributed by atoms with Gasteiger partial charge in [0.2, 0.25) is 0 Å². The number of rotatable bonds is 1. The van der Waals surface area contributed by atoms with E-state index < -0.39 is 6.10 Å². The highest BCUT2D eigenvalue weighted by atomic mass is 16.4. The average Bonchev–Trinajstić information content (AvgIpc) is 2.10. The molecule has 1 atom stereocenters. The summed E-state index contributed by atoms with van der Waals surface area (Å²) in [6.07, 6.45) is -0.530. The summed E-state index contributed by atoms with van der Waals surface area (Å²) in [7, 11) is 0. The Morgan fingerprint density at radius 1 is 1.50 bits per heavy atom. The van der Waals surface area contributed by atoms with Gasteiger partial charge < -0.3 is 9.52 Å². The molecule has 0 saturated carbocycles. The molecular weight excluding hydrogens is 130 g/mol. The number of aryl methyl sites for hydroxylation is 2. The van der Waals surface area contributed by atoms with E-state index in [-0.39, 0.29) is 0 Å². The maximum absolute atomic E-state index is 9.10. The Bertz CT molecular complexity index is 228. The highest BCUT2D eigenvalue weighted by molar-refractivity contribution is 5.09. The lowest BCUT2D eigenvalue weighted by molar-refractivity contribution is 0.193. The summed E-state index contributed by atoms with van der Waals surface area (Å²) in [5.41, 5.74) is 0.637. The van der Waals surface area contributed by atoms with Crippen LogP contribution in [0.3, 0.4) is 0 Å². The van der Waals surface area contributed by atoms with Crippen LogP contribution in [0.1, 0.15) is 30.4 Å². The number of aliphatic hydroxyl groups is 1. The van der Waals surface area contributed by atoms with Crippen molar-refractivity contribution in [2.75, 3.05) is 0 Å². The third kappa shape index (κ3) is 1.19. The Morgan fingerprint density at radius 3 is 2.30 bits per heavy atom. The minimum absolute atomic E-state index is 0.530. The summed E-state index contributed by atoms with van der Waals surface area (Å²) in [6, 6.07) is 0. The predicted octanol–water partition coefficient (Wildman–Crippen LogP) is 1.34. The fourth-order valence-corrected chi connectivity index (χ4v) is 0.933. The third-order valence-electron chi connectivity index (χ3n) is 1.34. The lowest BCUT2D eigenvalue weighted by atomic mass is 10.2. The maximum atomic E-state index is 9.10. The first kappa shape index (κ1) is 7.28. The van der Waals surface area contributed by atoms with Gasteiger partial charge in [0, 0.05) is 6.92 Å². The number of aliphatic hydroxyl groups excluding tert-OH is 1. The second kappa shape index (κ2) is 2.42. The molecule has 0 bridgehead atoms. The largest absolute Gasteiger partial charge is 0.446 e. The molecular formula is C7H11NO2. The van der Waals surface area contributed by atoms with Gasteiger partial charge in [0.05, 0.1) is 6.10 Å². The molecule has 3 nitrogen and oxygen atoms in total. The van der Waals surface area contributed by atoms with Crippen LogP contribution in [0.15, 0.2) is 4.42 Å². The van der Waals surface area contributed by atoms with E-state index in [0.29, 0.717) is 17.3 Å². The number of hydrogen-bond acceptors (Lipinski definition) is 3. The van der Waals surface area contributed by atoms with E-state index >= 15 is 0 Å². The monoisotopic (exact) mass is 141 g/mol. The highest BCUT2D eigenvalue weighted by Gasteiger charge is 2.10. The van der Waals surface area contributed by atoms with Crippen molar-refractivity contribution in [3.63, 3.8) is 0 Å². The summed E-state index contributed by atoms with van der Waals surface area (Å²) in [6.45, 7) is 5.23. The van der Waals surface area contributed by atoms with E-state index in [4.69, 9.17) is 9.52 Å². The molecule has 0 spiro atoms. The fourth-order valence-electron chi connectivity index (χ4n) is 0.933. The van der Waals surface area contributed by atoms with Crippen LogP contribution >= 0.6 is 0 Å². The Labute approximate surface area is 59.7 Å². The topological polar surface area (TPSA) is 46.3 Å². The van der Waals surface area contributed by atoms with Crippen molar-refractivity contribution in [1.82, 2.24) is 4.98 Å². The first-order valence-electron chi connectivity index (χ1n) is 3.23. The molecule has 0 saturated heterocycles. The van der Waals surface area contributed by atoms with E-state index in [0.717, 1.165) is 0 Å². The molecule has 0 aromatic carbocycles. The van der Waals surface area contributed by atoms with E-state index in [1.165, 1.54) is 0 Å². The van der Waals surface area contributed by atoms with Crippen LogP contribution in [-0.2, 0) is 0 Å². The minimum atomic E-state index is -0.530. The molecule has 0 fully saturated rings. The zero-order valence-electron chi connectivity index (χ0n) is 6.38. The van der Waals surface area contributed by atoms with E-state index in [2.05, 4.69) is 4.98 Å². The standard InChI is InChI=1S/C7H11NO2/c1-4(9)7-5(2)10-6(3)8-7/h4,9H,1-3H3/t4-/m0/s1. The van der Waals surface area contributed by atoms with Gasteiger partial charge in [-0.1, -0.05) is 0 Å². The van der Waals surface area contributed by atoms with Crippen LogP contribution in [0, 0.1) is 13.8 Å². The van der Waals surface area contributed by atoms with Crippen molar-refractivity contribution < 1.29 is 9.52 Å². The van der Waals surface area contributed by atoms with Crippen LogP contribution in [0.5, 0.6) is 0 Å². The van der Waals surface area contributed by atoms with E-state index in [1.807, 2.05) is 0 Å². The zero-order valence-corrected chi connectivity index (χ0v) is 6.38. The smallest absolute Gasteiger partial charge is 0.191 e. The Kier molecular flexibility index (Phi) is 1.76. The molecule has 3 heteroatoms. The molecule has 10 heavy (non-hydrogen) atoms. The second-order valence-electron chi connectivity index (χ2n) is 2.35. The molecule has 0 unspecified atom stereocenters. The lowest BCUT2D eigenvalue weighted by Gasteiger charge is -1.96. The molecule has 0 radical (unpaired) electrons. The Hall–Kier alpha value is -0.830. The van der Waals surface area contributed by atoms with Gasteiger partial charge in [0.25, 0.3) is 0 Å². The normalized spacial score (nSPS) is 13.6. The molecule has 1 heterocycles. The van der Waals surface area contributed by atoms with Crippen molar-refractivity contribution in [3.8, 4) is 0 Å². The van der Waals surface area contributed by atoms with Crippen LogP contribution in [0.2, 0.25) is 0 Å². The molecule has 1 N–H and O–H groups in total. The number of nitrogens with zero attached hydrogens (tertiary/aromatic N) is 1. The van der Waals surface area contributed by atoms with Crippen LogP contribution in [0.4, 0.5) is 0 Å². The van der Waals surface area contributed by atoms with Crippen molar-refractivity contribution in [2.24, 2.45) is 0 Å². The highest BCUT2D eigenvalue weighted by Crippen LogP contribution is 2.16. The van der Waals surface area contributed by atoms with Crippen molar-refractivity contribution >= 4 is 0 Å². The van der Waals surface area contributed by atoms with Gasteiger partial charge in [-0.3, -0.25) is 0 Å². The summed E-state index contributed by atoms with van der Waals surface area (Å²) >= 11 is 0. The van der Waals surface area contributed by atoms with Crippen molar-refractivity contribution in [3.05, 3.63) is 17.3 Å². The molecule has 1 rings (SSSR count). The molecule has 0 aliphatic rings. The van der Waals surface area contributed by atoms with Crippen molar-refractivity contribution in [2.45, 2.75) is 26.9 Å². The molecule has 0 aliphatic heterocycles. The molecule has 0 amide bonds. The van der Waals surface area contributed by atoms with Gasteiger partial charge in [-0.2, -0.15) is 0 Å². The van der Waals surface area contributed by atoms with Gasteiger partial charge in [-0.15, -0.1) is 0 Å². The maximum Gasteiger partial charge on any atom is 0.191 e. The van der Waals surface area contributed by atoms with Gasteiger partial charge in [-0.05, 0) is 13.8 Å². The molecule has 1 aromatic rings. The summed E-state index contributed by atoms with van der Waals surface area (Å²) in [4.78, 5) is 3.99. The molecule has 1 aromatic heterocycles. The third-order valence-corrected chi connectivity index (χ3v) is 1.34. The van der Waals surface area contributed by atoms with Crippen LogP contribution < -0.4 is 0 Å². The first-order chi connectivity index (χ1) is 4.61. The van der Waals surface area contributed by atoms with Gasteiger partial charge in [0.1, 0.15) is 11.5 Å².